The Kier molecular flexibility index (Phi) is 4.74. The van der Waals surface area contributed by atoms with Gasteiger partial charge in [-0.15, -0.1) is 0 Å². The summed E-state index contributed by atoms with van der Waals surface area (Å²) in [6.07, 6.45) is 1.90. The van der Waals surface area contributed by atoms with Crippen LogP contribution >= 0.6 is 0 Å². The van der Waals surface area contributed by atoms with E-state index in [-0.39, 0.29) is 22.6 Å². The van der Waals surface area contributed by atoms with Gasteiger partial charge in [-0.2, -0.15) is 10.1 Å². The largest absolute Gasteiger partial charge is 0.332 e. The molecule has 152 valence electrons. The molecule has 1 saturated heterocycles. The van der Waals surface area contributed by atoms with Crippen molar-refractivity contribution in [1.82, 2.24) is 34.2 Å². The Bertz CT molecular complexity index is 1220. The minimum absolute atomic E-state index is 0.0761. The van der Waals surface area contributed by atoms with E-state index in [4.69, 9.17) is 0 Å². The van der Waals surface area contributed by atoms with E-state index in [0.717, 1.165) is 30.5 Å². The van der Waals surface area contributed by atoms with E-state index < -0.39 is 17.2 Å². The number of hydrogen-bond acceptors (Lipinski definition) is 7. The zero-order valence-electron chi connectivity index (χ0n) is 16.5. The molecule has 4 rings (SSSR count). The maximum absolute atomic E-state index is 12.7. The van der Waals surface area contributed by atoms with Gasteiger partial charge in [-0.1, -0.05) is 0 Å². The molecule has 1 aliphatic rings. The fraction of sp³-hybridized carbons (Fsp3) is 0.444. The third-order valence-electron chi connectivity index (χ3n) is 5.24. The first-order valence-corrected chi connectivity index (χ1v) is 9.36. The highest BCUT2D eigenvalue weighted by Gasteiger charge is 2.22. The standard InChI is InChI=1S/C18H22N8O3/c1-24-14-11(16(28)25(2)18(24)29)4-5-12(20-14)15(27)22-17-21-13(23-26(17)3)10-6-8-19-9-7-10/h4-5,10,19H,6-9H2,1-3H3,(H,21,22,23,27). The van der Waals surface area contributed by atoms with Crippen molar-refractivity contribution in [2.45, 2.75) is 18.8 Å². The van der Waals surface area contributed by atoms with Crippen LogP contribution in [0.4, 0.5) is 5.95 Å². The van der Waals surface area contributed by atoms with Crippen LogP contribution in [0, 0.1) is 0 Å². The van der Waals surface area contributed by atoms with Gasteiger partial charge in [0, 0.05) is 27.1 Å². The van der Waals surface area contributed by atoms with E-state index in [2.05, 4.69) is 25.7 Å². The second-order valence-electron chi connectivity index (χ2n) is 7.17. The van der Waals surface area contributed by atoms with E-state index in [1.54, 1.807) is 7.05 Å². The summed E-state index contributed by atoms with van der Waals surface area (Å²) < 4.78 is 3.78. The van der Waals surface area contributed by atoms with Crippen molar-refractivity contribution >= 4 is 22.9 Å². The SMILES string of the molecule is Cn1nc(C2CCNCC2)nc1NC(=O)c1ccc2c(=O)n(C)c(=O)n(C)c2n1. The van der Waals surface area contributed by atoms with Crippen molar-refractivity contribution in [1.29, 1.82) is 0 Å². The second kappa shape index (κ2) is 7.24. The smallest absolute Gasteiger partial charge is 0.317 e. The third kappa shape index (κ3) is 3.33. The highest BCUT2D eigenvalue weighted by Crippen LogP contribution is 2.23. The minimum Gasteiger partial charge on any atom is -0.317 e. The number of aryl methyl sites for hydroxylation is 2. The number of nitrogens with zero attached hydrogens (tertiary/aromatic N) is 6. The van der Waals surface area contributed by atoms with Gasteiger partial charge in [0.05, 0.1) is 5.39 Å². The van der Waals surface area contributed by atoms with Gasteiger partial charge in [-0.05, 0) is 38.1 Å². The van der Waals surface area contributed by atoms with Crippen LogP contribution in [0.15, 0.2) is 21.7 Å². The summed E-state index contributed by atoms with van der Waals surface area (Å²) in [5.41, 5.74) is -0.735. The number of rotatable bonds is 3. The van der Waals surface area contributed by atoms with Gasteiger partial charge in [0.1, 0.15) is 11.3 Å². The molecule has 0 spiro atoms. The van der Waals surface area contributed by atoms with Crippen molar-refractivity contribution in [2.75, 3.05) is 18.4 Å². The Balaban J connectivity index is 1.64. The highest BCUT2D eigenvalue weighted by molar-refractivity contribution is 6.02. The molecule has 3 aromatic rings. The van der Waals surface area contributed by atoms with E-state index in [0.29, 0.717) is 11.8 Å². The number of carbonyl (C=O) groups is 1. The zero-order valence-corrected chi connectivity index (χ0v) is 16.5. The summed E-state index contributed by atoms with van der Waals surface area (Å²) in [6.45, 7) is 1.84. The van der Waals surface area contributed by atoms with Crippen molar-refractivity contribution in [3.05, 3.63) is 44.5 Å². The number of aromatic nitrogens is 6. The Hall–Kier alpha value is -3.34. The number of amides is 1. The van der Waals surface area contributed by atoms with Crippen LogP contribution in [-0.4, -0.2) is 47.9 Å². The highest BCUT2D eigenvalue weighted by atomic mass is 16.2. The molecule has 0 atom stereocenters. The van der Waals surface area contributed by atoms with Gasteiger partial charge in [0.2, 0.25) is 5.95 Å². The summed E-state index contributed by atoms with van der Waals surface area (Å²) >= 11 is 0. The van der Waals surface area contributed by atoms with Crippen molar-refractivity contribution in [3.63, 3.8) is 0 Å². The number of anilines is 1. The molecule has 2 N–H and O–H groups in total. The van der Waals surface area contributed by atoms with Crippen molar-refractivity contribution in [3.8, 4) is 0 Å². The van der Waals surface area contributed by atoms with Crippen LogP contribution in [0.25, 0.3) is 11.0 Å². The molecule has 1 fully saturated rings. The van der Waals surface area contributed by atoms with E-state index in [9.17, 15) is 14.4 Å². The summed E-state index contributed by atoms with van der Waals surface area (Å²) in [7, 11) is 4.62. The normalized spacial score (nSPS) is 15.0. The summed E-state index contributed by atoms with van der Waals surface area (Å²) in [6, 6.07) is 2.95. The molecule has 0 unspecified atom stereocenters. The van der Waals surface area contributed by atoms with Gasteiger partial charge >= 0.3 is 5.69 Å². The first kappa shape index (κ1) is 19.0. The number of pyridine rings is 1. The molecular formula is C18H22N8O3. The van der Waals surface area contributed by atoms with Crippen LogP contribution < -0.4 is 21.9 Å². The Labute approximate surface area is 165 Å². The van der Waals surface area contributed by atoms with Crippen LogP contribution in [-0.2, 0) is 21.1 Å². The number of fused-ring (bicyclic) bond motifs is 1. The van der Waals surface area contributed by atoms with Gasteiger partial charge in [0.25, 0.3) is 11.5 Å². The molecule has 0 radical (unpaired) electrons. The second-order valence-corrected chi connectivity index (χ2v) is 7.17. The number of carbonyl (C=O) groups excluding carboxylic acids is 1. The van der Waals surface area contributed by atoms with Gasteiger partial charge in [-0.3, -0.25) is 24.0 Å². The average Bonchev–Trinajstić information content (AvgIpc) is 3.11. The lowest BCUT2D eigenvalue weighted by atomic mass is 9.98. The predicted molar refractivity (Wildman–Crippen MR) is 106 cm³/mol. The molecule has 3 aromatic heterocycles. The van der Waals surface area contributed by atoms with E-state index >= 15 is 0 Å². The van der Waals surface area contributed by atoms with Gasteiger partial charge in [0.15, 0.2) is 5.82 Å². The predicted octanol–water partition coefficient (Wildman–Crippen LogP) is -0.520. The monoisotopic (exact) mass is 398 g/mol. The summed E-state index contributed by atoms with van der Waals surface area (Å²) in [4.78, 5) is 45.8. The van der Waals surface area contributed by atoms with Crippen molar-refractivity contribution < 1.29 is 4.79 Å². The average molecular weight is 398 g/mol. The molecular weight excluding hydrogens is 376 g/mol. The minimum atomic E-state index is -0.507. The van der Waals surface area contributed by atoms with Crippen molar-refractivity contribution in [2.24, 2.45) is 21.1 Å². The fourth-order valence-corrected chi connectivity index (χ4v) is 3.51. The molecule has 1 amide bonds. The number of piperidine rings is 1. The summed E-state index contributed by atoms with van der Waals surface area (Å²) in [5.74, 6) is 0.801. The van der Waals surface area contributed by atoms with E-state index in [1.807, 2.05) is 0 Å². The molecule has 4 heterocycles. The Morgan fingerprint density at radius 1 is 1.10 bits per heavy atom. The lowest BCUT2D eigenvalue weighted by Gasteiger charge is -2.19. The number of hydrogen-bond donors (Lipinski definition) is 2. The molecule has 0 bridgehead atoms. The third-order valence-corrected chi connectivity index (χ3v) is 5.24. The van der Waals surface area contributed by atoms with Crippen LogP contribution in [0.5, 0.6) is 0 Å². The van der Waals surface area contributed by atoms with Crippen LogP contribution in [0.2, 0.25) is 0 Å². The molecule has 0 aromatic carbocycles. The van der Waals surface area contributed by atoms with E-state index in [1.165, 1.54) is 35.5 Å². The Morgan fingerprint density at radius 2 is 1.83 bits per heavy atom. The fourth-order valence-electron chi connectivity index (χ4n) is 3.51. The Morgan fingerprint density at radius 3 is 2.55 bits per heavy atom. The zero-order chi connectivity index (χ0) is 20.7. The molecule has 29 heavy (non-hydrogen) atoms. The molecule has 0 saturated carbocycles. The maximum Gasteiger partial charge on any atom is 0.332 e. The topological polar surface area (TPSA) is 129 Å². The quantitative estimate of drug-likeness (QED) is 0.607. The summed E-state index contributed by atoms with van der Waals surface area (Å²) in [5, 5.41) is 10.7. The number of nitrogens with one attached hydrogen (secondary N) is 2. The molecule has 0 aliphatic carbocycles. The maximum atomic E-state index is 12.7. The first-order chi connectivity index (χ1) is 13.9. The van der Waals surface area contributed by atoms with Gasteiger partial charge in [-0.25, -0.2) is 14.5 Å². The molecule has 11 nitrogen and oxygen atoms in total. The van der Waals surface area contributed by atoms with Gasteiger partial charge < -0.3 is 5.32 Å². The van der Waals surface area contributed by atoms with Crippen LogP contribution in [0.3, 0.4) is 0 Å². The first-order valence-electron chi connectivity index (χ1n) is 9.36. The molecule has 11 heteroatoms. The molecule has 1 aliphatic heterocycles. The lowest BCUT2D eigenvalue weighted by molar-refractivity contribution is 0.102. The lowest BCUT2D eigenvalue weighted by Crippen LogP contribution is -2.37. The van der Waals surface area contributed by atoms with Crippen LogP contribution in [0.1, 0.15) is 35.1 Å².